The zero-order chi connectivity index (χ0) is 13.7. The van der Waals surface area contributed by atoms with E-state index >= 15 is 0 Å². The number of anilines is 1. The van der Waals surface area contributed by atoms with Crippen molar-refractivity contribution in [3.05, 3.63) is 54.0 Å². The molecule has 0 bridgehead atoms. The monoisotopic (exact) mass is 258 g/mol. The van der Waals surface area contributed by atoms with Gasteiger partial charge in [0.25, 0.3) is 0 Å². The number of carbonyl (C=O) groups excluding carboxylic acids is 1. The lowest BCUT2D eigenvalue weighted by Gasteiger charge is -2.15. The molecule has 1 aromatic carbocycles. The predicted molar refractivity (Wildman–Crippen MR) is 74.8 cm³/mol. The highest BCUT2D eigenvalue weighted by atomic mass is 16.3. The number of nitrogens with one attached hydrogen (secondary N) is 2. The van der Waals surface area contributed by atoms with Gasteiger partial charge >= 0.3 is 0 Å². The smallest absolute Gasteiger partial charge is 0.242 e. The first kappa shape index (κ1) is 13.2. The Bertz CT molecular complexity index is 535. The fraction of sp³-hybridized carbons (Fsp3) is 0.267. The zero-order valence-corrected chi connectivity index (χ0v) is 11.1. The number of hydrogen-bond donors (Lipinski definition) is 2. The maximum atomic E-state index is 11.9. The highest BCUT2D eigenvalue weighted by molar-refractivity contribution is 5.84. The Morgan fingerprint density at radius 1 is 1.32 bits per heavy atom. The second kappa shape index (κ2) is 6.09. The molecule has 0 aliphatic carbocycles. The molecule has 0 aliphatic rings. The van der Waals surface area contributed by atoms with E-state index in [1.807, 2.05) is 44.2 Å². The summed E-state index contributed by atoms with van der Waals surface area (Å²) in [7, 11) is 0. The number of amides is 1. The maximum Gasteiger partial charge on any atom is 0.242 e. The van der Waals surface area contributed by atoms with Crippen molar-refractivity contribution in [1.82, 2.24) is 5.32 Å². The quantitative estimate of drug-likeness (QED) is 0.867. The number of benzene rings is 1. The Morgan fingerprint density at radius 3 is 2.84 bits per heavy atom. The van der Waals surface area contributed by atoms with Gasteiger partial charge < -0.3 is 15.1 Å². The van der Waals surface area contributed by atoms with Crippen molar-refractivity contribution >= 4 is 11.6 Å². The molecule has 1 amide bonds. The highest BCUT2D eigenvalue weighted by Gasteiger charge is 2.12. The first-order valence-corrected chi connectivity index (χ1v) is 6.28. The van der Waals surface area contributed by atoms with Crippen LogP contribution in [-0.4, -0.2) is 11.9 Å². The molecule has 1 atom stereocenters. The molecule has 1 unspecified atom stereocenters. The summed E-state index contributed by atoms with van der Waals surface area (Å²) >= 11 is 0. The van der Waals surface area contributed by atoms with Crippen LogP contribution in [0.5, 0.6) is 0 Å². The minimum absolute atomic E-state index is 0.0575. The van der Waals surface area contributed by atoms with E-state index in [1.54, 1.807) is 12.3 Å². The normalized spacial score (nSPS) is 11.9. The second-order valence-electron chi connectivity index (χ2n) is 4.53. The molecule has 1 heterocycles. The number of carbonyl (C=O) groups is 1. The average Bonchev–Trinajstić information content (AvgIpc) is 2.89. The van der Waals surface area contributed by atoms with E-state index in [-0.39, 0.29) is 11.9 Å². The van der Waals surface area contributed by atoms with Gasteiger partial charge in [-0.2, -0.15) is 0 Å². The largest absolute Gasteiger partial charge is 0.467 e. The van der Waals surface area contributed by atoms with E-state index in [1.165, 1.54) is 0 Å². The maximum absolute atomic E-state index is 11.9. The third-order valence-corrected chi connectivity index (χ3v) is 2.81. The molecule has 2 aromatic rings. The average molecular weight is 258 g/mol. The van der Waals surface area contributed by atoms with E-state index in [9.17, 15) is 4.79 Å². The van der Waals surface area contributed by atoms with Gasteiger partial charge in [-0.1, -0.05) is 12.1 Å². The van der Waals surface area contributed by atoms with Gasteiger partial charge in [0.2, 0.25) is 5.91 Å². The molecule has 2 N–H and O–H groups in total. The molecule has 0 saturated heterocycles. The molecule has 0 fully saturated rings. The summed E-state index contributed by atoms with van der Waals surface area (Å²) in [6.45, 7) is 4.26. The summed E-state index contributed by atoms with van der Waals surface area (Å²) < 4.78 is 5.16. The van der Waals surface area contributed by atoms with Gasteiger partial charge in [0.1, 0.15) is 11.8 Å². The van der Waals surface area contributed by atoms with Crippen LogP contribution in [0.3, 0.4) is 0 Å². The number of furan rings is 1. The van der Waals surface area contributed by atoms with Crippen LogP contribution in [-0.2, 0) is 11.3 Å². The Hall–Kier alpha value is -2.23. The summed E-state index contributed by atoms with van der Waals surface area (Å²) in [5.74, 6) is 0.689. The Kier molecular flexibility index (Phi) is 4.23. The van der Waals surface area contributed by atoms with E-state index < -0.39 is 0 Å². The summed E-state index contributed by atoms with van der Waals surface area (Å²) in [5.41, 5.74) is 2.11. The SMILES string of the molecule is Cc1cccc(NC(C)C(=O)NCc2ccco2)c1. The Labute approximate surface area is 112 Å². The van der Waals surface area contributed by atoms with Crippen LogP contribution >= 0.6 is 0 Å². The van der Waals surface area contributed by atoms with Crippen molar-refractivity contribution in [2.45, 2.75) is 26.4 Å². The van der Waals surface area contributed by atoms with E-state index in [0.29, 0.717) is 6.54 Å². The molecule has 0 spiro atoms. The Morgan fingerprint density at radius 2 is 2.16 bits per heavy atom. The Balaban J connectivity index is 1.85. The predicted octanol–water partition coefficient (Wildman–Crippen LogP) is 2.70. The number of hydrogen-bond acceptors (Lipinski definition) is 3. The lowest BCUT2D eigenvalue weighted by Crippen LogP contribution is -2.37. The van der Waals surface area contributed by atoms with Crippen LogP contribution < -0.4 is 10.6 Å². The molecule has 4 heteroatoms. The summed E-state index contributed by atoms with van der Waals surface area (Å²) in [6, 6.07) is 11.3. The molecule has 0 saturated carbocycles. The van der Waals surface area contributed by atoms with E-state index in [0.717, 1.165) is 17.0 Å². The van der Waals surface area contributed by atoms with E-state index in [4.69, 9.17) is 4.42 Å². The van der Waals surface area contributed by atoms with Crippen molar-refractivity contribution in [3.63, 3.8) is 0 Å². The highest BCUT2D eigenvalue weighted by Crippen LogP contribution is 2.11. The molecular formula is C15H18N2O2. The van der Waals surface area contributed by atoms with Crippen LogP contribution in [0.25, 0.3) is 0 Å². The topological polar surface area (TPSA) is 54.3 Å². The molecule has 1 aromatic heterocycles. The van der Waals surface area contributed by atoms with Gasteiger partial charge in [-0.15, -0.1) is 0 Å². The van der Waals surface area contributed by atoms with Gasteiger partial charge in [0, 0.05) is 5.69 Å². The summed E-state index contributed by atoms with van der Waals surface area (Å²) in [6.07, 6.45) is 1.59. The van der Waals surface area contributed by atoms with Gasteiger partial charge in [-0.05, 0) is 43.7 Å². The van der Waals surface area contributed by atoms with Crippen LogP contribution in [0.2, 0.25) is 0 Å². The number of rotatable bonds is 5. The van der Waals surface area contributed by atoms with Crippen LogP contribution in [0.1, 0.15) is 18.2 Å². The second-order valence-corrected chi connectivity index (χ2v) is 4.53. The molecule has 2 rings (SSSR count). The minimum Gasteiger partial charge on any atom is -0.467 e. The third-order valence-electron chi connectivity index (χ3n) is 2.81. The zero-order valence-electron chi connectivity index (χ0n) is 11.1. The molecule has 19 heavy (non-hydrogen) atoms. The van der Waals surface area contributed by atoms with Crippen molar-refractivity contribution in [2.24, 2.45) is 0 Å². The molecular weight excluding hydrogens is 240 g/mol. The van der Waals surface area contributed by atoms with Crippen LogP contribution in [0.4, 0.5) is 5.69 Å². The van der Waals surface area contributed by atoms with Gasteiger partial charge in [0.15, 0.2) is 0 Å². The molecule has 0 radical (unpaired) electrons. The first-order valence-electron chi connectivity index (χ1n) is 6.28. The third kappa shape index (κ3) is 3.88. The summed E-state index contributed by atoms with van der Waals surface area (Å²) in [5, 5.41) is 5.99. The van der Waals surface area contributed by atoms with E-state index in [2.05, 4.69) is 10.6 Å². The lowest BCUT2D eigenvalue weighted by atomic mass is 10.2. The molecule has 4 nitrogen and oxygen atoms in total. The van der Waals surface area contributed by atoms with Crippen molar-refractivity contribution in [3.8, 4) is 0 Å². The fourth-order valence-corrected chi connectivity index (χ4v) is 1.79. The molecule has 100 valence electrons. The van der Waals surface area contributed by atoms with Gasteiger partial charge in [0.05, 0.1) is 12.8 Å². The lowest BCUT2D eigenvalue weighted by molar-refractivity contribution is -0.121. The van der Waals surface area contributed by atoms with Gasteiger partial charge in [-0.3, -0.25) is 4.79 Å². The first-order chi connectivity index (χ1) is 9.15. The fourth-order valence-electron chi connectivity index (χ4n) is 1.79. The van der Waals surface area contributed by atoms with Crippen LogP contribution in [0, 0.1) is 6.92 Å². The van der Waals surface area contributed by atoms with Crippen molar-refractivity contribution < 1.29 is 9.21 Å². The van der Waals surface area contributed by atoms with Crippen molar-refractivity contribution in [2.75, 3.05) is 5.32 Å². The van der Waals surface area contributed by atoms with Crippen molar-refractivity contribution in [1.29, 1.82) is 0 Å². The van der Waals surface area contributed by atoms with Gasteiger partial charge in [-0.25, -0.2) is 0 Å². The molecule has 0 aliphatic heterocycles. The summed E-state index contributed by atoms with van der Waals surface area (Å²) in [4.78, 5) is 11.9. The minimum atomic E-state index is -0.295. The standard InChI is InChI=1S/C15H18N2O2/c1-11-5-3-6-13(9-11)17-12(2)15(18)16-10-14-7-4-8-19-14/h3-9,12,17H,10H2,1-2H3,(H,16,18). The number of aryl methyl sites for hydroxylation is 1. The van der Waals surface area contributed by atoms with Crippen LogP contribution in [0.15, 0.2) is 47.1 Å².